The van der Waals surface area contributed by atoms with E-state index in [1.807, 2.05) is 45.0 Å². The minimum Gasteiger partial charge on any atom is -0.444 e. The monoisotopic (exact) mass is 521 g/mol. The van der Waals surface area contributed by atoms with Crippen molar-refractivity contribution in [3.8, 4) is 5.69 Å². The van der Waals surface area contributed by atoms with Crippen LogP contribution in [0, 0.1) is 3.57 Å². The lowest BCUT2D eigenvalue weighted by atomic mass is 10.2. The fourth-order valence-corrected chi connectivity index (χ4v) is 4.18. The number of benzene rings is 1. The molecule has 0 bridgehead atoms. The smallest absolute Gasteiger partial charge is 0.410 e. The molecule has 0 spiro atoms. The number of aromatic nitrogens is 3. The highest BCUT2D eigenvalue weighted by Gasteiger charge is 2.33. The molecule has 1 aromatic carbocycles. The van der Waals surface area contributed by atoms with Crippen LogP contribution in [0.2, 0.25) is 0 Å². The largest absolute Gasteiger partial charge is 0.444 e. The Morgan fingerprint density at radius 1 is 1.23 bits per heavy atom. The molecule has 30 heavy (non-hydrogen) atoms. The van der Waals surface area contributed by atoms with Crippen LogP contribution in [0.3, 0.4) is 0 Å². The molecule has 1 amide bonds. The molecule has 8 nitrogen and oxygen atoms in total. The van der Waals surface area contributed by atoms with E-state index in [-0.39, 0.29) is 17.8 Å². The van der Waals surface area contributed by atoms with Crippen LogP contribution in [0.1, 0.15) is 33.2 Å². The molecular formula is C21H24IN5O3. The van der Waals surface area contributed by atoms with Gasteiger partial charge in [0.1, 0.15) is 16.9 Å². The van der Waals surface area contributed by atoms with Crippen LogP contribution in [0.4, 0.5) is 10.6 Å². The van der Waals surface area contributed by atoms with Crippen LogP contribution >= 0.6 is 22.6 Å². The number of carbonyl (C=O) groups is 1. The van der Waals surface area contributed by atoms with Crippen molar-refractivity contribution >= 4 is 45.5 Å². The van der Waals surface area contributed by atoms with E-state index < -0.39 is 5.60 Å². The summed E-state index contributed by atoms with van der Waals surface area (Å²) in [5.41, 5.74) is 7.45. The van der Waals surface area contributed by atoms with E-state index in [1.165, 1.54) is 0 Å². The average molecular weight is 521 g/mol. The van der Waals surface area contributed by atoms with E-state index in [1.54, 1.807) is 26.3 Å². The SMILES string of the molecule is CC(C)(C)OC(=O)N1CC[C@@H](n2c(=O)n(-c3ccc(I)cc3)c3c(N)nccc32)C1. The van der Waals surface area contributed by atoms with Gasteiger partial charge in [-0.1, -0.05) is 0 Å². The van der Waals surface area contributed by atoms with E-state index in [0.29, 0.717) is 36.4 Å². The summed E-state index contributed by atoms with van der Waals surface area (Å²) >= 11 is 2.22. The van der Waals surface area contributed by atoms with Crippen LogP contribution in [0.15, 0.2) is 41.3 Å². The average Bonchev–Trinajstić information content (AvgIpc) is 3.24. The topological polar surface area (TPSA) is 95.4 Å². The van der Waals surface area contributed by atoms with Gasteiger partial charge in [0.05, 0.1) is 17.2 Å². The third-order valence-corrected chi connectivity index (χ3v) is 5.80. The van der Waals surface area contributed by atoms with E-state index in [0.717, 1.165) is 9.26 Å². The van der Waals surface area contributed by atoms with Crippen molar-refractivity contribution < 1.29 is 9.53 Å². The highest BCUT2D eigenvalue weighted by atomic mass is 127. The molecule has 1 atom stereocenters. The van der Waals surface area contributed by atoms with E-state index in [2.05, 4.69) is 27.6 Å². The first-order valence-electron chi connectivity index (χ1n) is 9.77. The number of carbonyl (C=O) groups excluding carboxylic acids is 1. The number of nitrogen functional groups attached to an aromatic ring is 1. The van der Waals surface area contributed by atoms with Crippen LogP contribution in [0.25, 0.3) is 16.7 Å². The molecule has 4 rings (SSSR count). The van der Waals surface area contributed by atoms with Gasteiger partial charge in [-0.3, -0.25) is 9.13 Å². The predicted molar refractivity (Wildman–Crippen MR) is 124 cm³/mol. The molecule has 0 radical (unpaired) electrons. The highest BCUT2D eigenvalue weighted by Crippen LogP contribution is 2.29. The van der Waals surface area contributed by atoms with Gasteiger partial charge in [0.25, 0.3) is 0 Å². The van der Waals surface area contributed by atoms with Crippen LogP contribution in [0.5, 0.6) is 0 Å². The molecular weight excluding hydrogens is 497 g/mol. The maximum atomic E-state index is 13.5. The van der Waals surface area contributed by atoms with Crippen LogP contribution in [-0.4, -0.2) is 43.8 Å². The second kappa shape index (κ2) is 7.60. The number of hydrogen-bond donors (Lipinski definition) is 1. The lowest BCUT2D eigenvalue weighted by Crippen LogP contribution is -2.36. The first-order valence-corrected chi connectivity index (χ1v) is 10.8. The number of ether oxygens (including phenoxy) is 1. The number of likely N-dealkylation sites (tertiary alicyclic amines) is 1. The quantitative estimate of drug-likeness (QED) is 0.521. The van der Waals surface area contributed by atoms with Gasteiger partial charge in [0.15, 0.2) is 0 Å². The number of fused-ring (bicyclic) bond motifs is 1. The summed E-state index contributed by atoms with van der Waals surface area (Å²) in [6.07, 6.45) is 1.90. The second-order valence-corrected chi connectivity index (χ2v) is 9.64. The van der Waals surface area contributed by atoms with E-state index in [9.17, 15) is 9.59 Å². The van der Waals surface area contributed by atoms with Gasteiger partial charge in [-0.15, -0.1) is 0 Å². The molecule has 1 aliphatic rings. The van der Waals surface area contributed by atoms with Crippen molar-refractivity contribution in [3.63, 3.8) is 0 Å². The molecule has 158 valence electrons. The Kier molecular flexibility index (Phi) is 5.25. The number of nitrogens with two attached hydrogens (primary N) is 1. The Balaban J connectivity index is 1.77. The fraction of sp³-hybridized carbons (Fsp3) is 0.381. The number of halogens is 1. The minimum atomic E-state index is -0.563. The summed E-state index contributed by atoms with van der Waals surface area (Å²) in [5, 5.41) is 0. The maximum Gasteiger partial charge on any atom is 0.410 e. The van der Waals surface area contributed by atoms with Crippen molar-refractivity contribution in [2.24, 2.45) is 0 Å². The number of hydrogen-bond acceptors (Lipinski definition) is 5. The van der Waals surface area contributed by atoms with E-state index >= 15 is 0 Å². The molecule has 1 aliphatic heterocycles. The number of amides is 1. The van der Waals surface area contributed by atoms with Gasteiger partial charge in [-0.05, 0) is 80.1 Å². The van der Waals surface area contributed by atoms with Gasteiger partial charge >= 0.3 is 11.8 Å². The Bertz CT molecular complexity index is 1160. The third kappa shape index (κ3) is 3.78. The molecule has 0 unspecified atom stereocenters. The zero-order chi connectivity index (χ0) is 21.6. The molecule has 3 heterocycles. The first kappa shape index (κ1) is 20.7. The Labute approximate surface area is 187 Å². The number of anilines is 1. The van der Waals surface area contributed by atoms with Crippen molar-refractivity contribution in [1.29, 1.82) is 0 Å². The predicted octanol–water partition coefficient (Wildman–Crippen LogP) is 3.56. The van der Waals surface area contributed by atoms with Gasteiger partial charge in [-0.25, -0.2) is 14.6 Å². The zero-order valence-corrected chi connectivity index (χ0v) is 19.3. The lowest BCUT2D eigenvalue weighted by Gasteiger charge is -2.24. The number of pyridine rings is 1. The molecule has 3 aromatic rings. The zero-order valence-electron chi connectivity index (χ0n) is 17.1. The number of rotatable bonds is 2. The van der Waals surface area contributed by atoms with Gasteiger partial charge in [0, 0.05) is 22.9 Å². The van der Waals surface area contributed by atoms with Gasteiger partial charge in [-0.2, -0.15) is 0 Å². The summed E-state index contributed by atoms with van der Waals surface area (Å²) in [4.78, 5) is 31.9. The van der Waals surface area contributed by atoms with Crippen LogP contribution < -0.4 is 11.4 Å². The Hall–Kier alpha value is -2.56. The summed E-state index contributed by atoms with van der Waals surface area (Å²) in [6.45, 7) is 6.46. The number of imidazole rings is 1. The van der Waals surface area contributed by atoms with Gasteiger partial charge in [0.2, 0.25) is 0 Å². The standard InChI is InChI=1S/C21H24IN5O3/c1-21(2,3)30-20(29)25-11-9-15(12-25)26-16-8-10-24-18(23)17(16)27(19(26)28)14-6-4-13(22)5-7-14/h4-8,10,15H,9,11-12H2,1-3H3,(H2,23,24)/t15-/m1/s1. The summed E-state index contributed by atoms with van der Waals surface area (Å²) < 4.78 is 9.90. The fourth-order valence-electron chi connectivity index (χ4n) is 3.82. The molecule has 0 aliphatic carbocycles. The highest BCUT2D eigenvalue weighted by molar-refractivity contribution is 14.1. The Morgan fingerprint density at radius 2 is 1.93 bits per heavy atom. The minimum absolute atomic E-state index is 0.167. The van der Waals surface area contributed by atoms with Crippen molar-refractivity contribution in [2.75, 3.05) is 18.8 Å². The lowest BCUT2D eigenvalue weighted by molar-refractivity contribution is 0.0289. The van der Waals surface area contributed by atoms with E-state index in [4.69, 9.17) is 10.5 Å². The summed E-state index contributed by atoms with van der Waals surface area (Å²) in [7, 11) is 0. The molecule has 9 heteroatoms. The molecule has 2 aromatic heterocycles. The molecule has 1 saturated heterocycles. The van der Waals surface area contributed by atoms with Crippen LogP contribution in [-0.2, 0) is 4.74 Å². The summed E-state index contributed by atoms with van der Waals surface area (Å²) in [6, 6.07) is 9.30. The molecule has 1 fully saturated rings. The van der Waals surface area contributed by atoms with Crippen molar-refractivity contribution in [1.82, 2.24) is 19.0 Å². The van der Waals surface area contributed by atoms with Crippen molar-refractivity contribution in [2.45, 2.75) is 38.8 Å². The third-order valence-electron chi connectivity index (χ3n) is 5.08. The second-order valence-electron chi connectivity index (χ2n) is 8.40. The first-order chi connectivity index (χ1) is 14.2. The molecule has 2 N–H and O–H groups in total. The normalized spacial score (nSPS) is 16.9. The van der Waals surface area contributed by atoms with Crippen molar-refractivity contribution in [3.05, 3.63) is 50.6 Å². The van der Waals surface area contributed by atoms with Gasteiger partial charge < -0.3 is 15.4 Å². The maximum absolute atomic E-state index is 13.5. The number of nitrogens with zero attached hydrogens (tertiary/aromatic N) is 4. The molecule has 0 saturated carbocycles. The summed E-state index contributed by atoms with van der Waals surface area (Å²) in [5.74, 6) is 0.295. The Morgan fingerprint density at radius 3 is 2.60 bits per heavy atom.